The number of piperidine rings is 2. The number of carbonyl (C=O) groups excluding carboxylic acids is 1. The van der Waals surface area contributed by atoms with E-state index in [0.717, 1.165) is 25.9 Å². The maximum atomic E-state index is 11.8. The lowest BCUT2D eigenvalue weighted by molar-refractivity contribution is 0.142. The Morgan fingerprint density at radius 1 is 1.05 bits per heavy atom. The monoisotopic (exact) mass is 296 g/mol. The normalized spacial score (nSPS) is 22.8. The van der Waals surface area contributed by atoms with Crippen LogP contribution in [0.15, 0.2) is 0 Å². The second kappa shape index (κ2) is 7.99. The van der Waals surface area contributed by atoms with Crippen LogP contribution in [0, 0.1) is 0 Å². The van der Waals surface area contributed by atoms with Gasteiger partial charge in [0.2, 0.25) is 0 Å². The Morgan fingerprint density at radius 3 is 2.05 bits per heavy atom. The van der Waals surface area contributed by atoms with Gasteiger partial charge in [0.15, 0.2) is 0 Å². The summed E-state index contributed by atoms with van der Waals surface area (Å²) in [6.45, 7) is 11.4. The van der Waals surface area contributed by atoms with E-state index in [2.05, 4.69) is 29.4 Å². The first kappa shape index (κ1) is 16.6. The van der Waals surface area contributed by atoms with Crippen LogP contribution in [0.3, 0.4) is 0 Å². The van der Waals surface area contributed by atoms with Gasteiger partial charge in [-0.1, -0.05) is 0 Å². The van der Waals surface area contributed by atoms with Crippen LogP contribution >= 0.6 is 0 Å². The first-order valence-electron chi connectivity index (χ1n) is 8.63. The molecular formula is C16H32N4O. The Kier molecular flexibility index (Phi) is 6.30. The van der Waals surface area contributed by atoms with Crippen molar-refractivity contribution in [2.45, 2.75) is 64.6 Å². The molecule has 0 bridgehead atoms. The molecule has 0 aromatic heterocycles. The lowest BCUT2D eigenvalue weighted by Crippen LogP contribution is -2.52. The van der Waals surface area contributed by atoms with E-state index in [1.54, 1.807) is 0 Å². The lowest BCUT2D eigenvalue weighted by atomic mass is 9.99. The minimum Gasteiger partial charge on any atom is -0.338 e. The largest absolute Gasteiger partial charge is 0.338 e. The molecule has 2 fully saturated rings. The predicted octanol–water partition coefficient (Wildman–Crippen LogP) is 1.64. The molecule has 0 aromatic rings. The van der Waals surface area contributed by atoms with E-state index in [-0.39, 0.29) is 6.03 Å². The molecule has 122 valence electrons. The number of carbonyl (C=O) groups is 1. The molecule has 0 aromatic carbocycles. The number of rotatable bonds is 4. The first-order valence-corrected chi connectivity index (χ1v) is 8.63. The van der Waals surface area contributed by atoms with Crippen molar-refractivity contribution in [2.75, 3.05) is 32.7 Å². The summed E-state index contributed by atoms with van der Waals surface area (Å²) in [5, 5.41) is 6.71. The third-order valence-electron chi connectivity index (χ3n) is 4.84. The van der Waals surface area contributed by atoms with E-state index in [9.17, 15) is 4.79 Å². The molecule has 2 saturated heterocycles. The van der Waals surface area contributed by atoms with Gasteiger partial charge in [-0.05, 0) is 59.5 Å². The first-order chi connectivity index (χ1) is 10.1. The van der Waals surface area contributed by atoms with Crippen molar-refractivity contribution in [2.24, 2.45) is 0 Å². The zero-order valence-corrected chi connectivity index (χ0v) is 13.9. The molecule has 0 atom stereocenters. The van der Waals surface area contributed by atoms with Gasteiger partial charge >= 0.3 is 6.03 Å². The number of nitrogens with one attached hydrogen (secondary N) is 2. The molecule has 2 N–H and O–H groups in total. The minimum atomic E-state index is 0.0983. The molecule has 0 radical (unpaired) electrons. The Labute approximate surface area is 129 Å². The van der Waals surface area contributed by atoms with Crippen LogP contribution in [-0.4, -0.2) is 66.7 Å². The van der Waals surface area contributed by atoms with Crippen molar-refractivity contribution in [3.05, 3.63) is 0 Å². The Hall–Kier alpha value is -0.810. The van der Waals surface area contributed by atoms with Gasteiger partial charge in [-0.25, -0.2) is 4.79 Å². The van der Waals surface area contributed by atoms with Crippen molar-refractivity contribution in [3.63, 3.8) is 0 Å². The predicted molar refractivity (Wildman–Crippen MR) is 86.5 cm³/mol. The van der Waals surface area contributed by atoms with E-state index in [0.29, 0.717) is 24.7 Å². The number of hydrogen-bond donors (Lipinski definition) is 2. The van der Waals surface area contributed by atoms with E-state index in [4.69, 9.17) is 0 Å². The van der Waals surface area contributed by atoms with Crippen LogP contribution in [-0.2, 0) is 0 Å². The highest BCUT2D eigenvalue weighted by molar-refractivity contribution is 5.74. The Balaban J connectivity index is 1.66. The van der Waals surface area contributed by atoms with Crippen LogP contribution in [0.5, 0.6) is 0 Å². The molecule has 0 spiro atoms. The van der Waals surface area contributed by atoms with Gasteiger partial charge in [0.05, 0.1) is 0 Å². The summed E-state index contributed by atoms with van der Waals surface area (Å²) in [5.74, 6) is 0. The number of amides is 2. The lowest BCUT2D eigenvalue weighted by Gasteiger charge is -2.39. The molecule has 5 heteroatoms. The average Bonchev–Trinajstić information content (AvgIpc) is 2.49. The SMILES string of the molecule is CCNC(=O)N1CCC(NC2CCN(C(C)C)CC2)CC1. The fourth-order valence-electron chi connectivity index (χ4n) is 3.43. The van der Waals surface area contributed by atoms with E-state index in [1.807, 2.05) is 11.8 Å². The third-order valence-corrected chi connectivity index (χ3v) is 4.84. The van der Waals surface area contributed by atoms with Gasteiger partial charge < -0.3 is 20.4 Å². The van der Waals surface area contributed by atoms with Crippen LogP contribution in [0.2, 0.25) is 0 Å². The number of hydrogen-bond acceptors (Lipinski definition) is 3. The molecule has 2 aliphatic rings. The average molecular weight is 296 g/mol. The minimum absolute atomic E-state index is 0.0983. The van der Waals surface area contributed by atoms with Gasteiger partial charge in [-0.3, -0.25) is 0 Å². The van der Waals surface area contributed by atoms with Crippen molar-refractivity contribution < 1.29 is 4.79 Å². The van der Waals surface area contributed by atoms with E-state index in [1.165, 1.54) is 25.9 Å². The number of nitrogens with zero attached hydrogens (tertiary/aromatic N) is 2. The van der Waals surface area contributed by atoms with Crippen LogP contribution in [0.4, 0.5) is 4.79 Å². The Bertz CT molecular complexity index is 318. The molecule has 2 aliphatic heterocycles. The summed E-state index contributed by atoms with van der Waals surface area (Å²) in [6.07, 6.45) is 4.69. The standard InChI is InChI=1S/C16H32N4O/c1-4-17-16(21)20-11-7-15(8-12-20)18-14-5-9-19(10-6-14)13(2)3/h13-15,18H,4-12H2,1-3H3,(H,17,21). The van der Waals surface area contributed by atoms with Gasteiger partial charge in [-0.15, -0.1) is 0 Å². The highest BCUT2D eigenvalue weighted by Gasteiger charge is 2.26. The van der Waals surface area contributed by atoms with Gasteiger partial charge in [0.1, 0.15) is 0 Å². The summed E-state index contributed by atoms with van der Waals surface area (Å²) in [4.78, 5) is 16.3. The topological polar surface area (TPSA) is 47.6 Å². The van der Waals surface area contributed by atoms with Gasteiger partial charge in [0.25, 0.3) is 0 Å². The van der Waals surface area contributed by atoms with Crippen molar-refractivity contribution >= 4 is 6.03 Å². The highest BCUT2D eigenvalue weighted by atomic mass is 16.2. The van der Waals surface area contributed by atoms with E-state index >= 15 is 0 Å². The number of urea groups is 1. The summed E-state index contributed by atoms with van der Waals surface area (Å²) in [6, 6.07) is 2.03. The zero-order valence-electron chi connectivity index (χ0n) is 13.9. The van der Waals surface area contributed by atoms with Gasteiger partial charge in [-0.2, -0.15) is 0 Å². The Morgan fingerprint density at radius 2 is 1.57 bits per heavy atom. The number of likely N-dealkylation sites (tertiary alicyclic amines) is 2. The summed E-state index contributed by atoms with van der Waals surface area (Å²) < 4.78 is 0. The molecule has 2 amide bonds. The van der Waals surface area contributed by atoms with Crippen molar-refractivity contribution in [1.29, 1.82) is 0 Å². The highest BCUT2D eigenvalue weighted by Crippen LogP contribution is 2.17. The zero-order chi connectivity index (χ0) is 15.2. The van der Waals surface area contributed by atoms with Crippen molar-refractivity contribution in [3.8, 4) is 0 Å². The fourth-order valence-corrected chi connectivity index (χ4v) is 3.43. The van der Waals surface area contributed by atoms with Crippen molar-refractivity contribution in [1.82, 2.24) is 20.4 Å². The third kappa shape index (κ3) is 4.85. The summed E-state index contributed by atoms with van der Waals surface area (Å²) in [7, 11) is 0. The van der Waals surface area contributed by atoms with Crippen LogP contribution in [0.1, 0.15) is 46.5 Å². The molecular weight excluding hydrogens is 264 g/mol. The second-order valence-electron chi connectivity index (χ2n) is 6.67. The molecule has 0 unspecified atom stereocenters. The molecule has 21 heavy (non-hydrogen) atoms. The van der Waals surface area contributed by atoms with Crippen LogP contribution in [0.25, 0.3) is 0 Å². The summed E-state index contributed by atoms with van der Waals surface area (Å²) in [5.41, 5.74) is 0. The molecule has 0 aliphatic carbocycles. The summed E-state index contributed by atoms with van der Waals surface area (Å²) >= 11 is 0. The quantitative estimate of drug-likeness (QED) is 0.829. The molecule has 0 saturated carbocycles. The second-order valence-corrected chi connectivity index (χ2v) is 6.67. The maximum Gasteiger partial charge on any atom is 0.317 e. The molecule has 5 nitrogen and oxygen atoms in total. The fraction of sp³-hybridized carbons (Fsp3) is 0.938. The van der Waals surface area contributed by atoms with Gasteiger partial charge in [0, 0.05) is 37.8 Å². The molecule has 2 heterocycles. The maximum absolute atomic E-state index is 11.8. The molecule has 2 rings (SSSR count). The van der Waals surface area contributed by atoms with E-state index < -0.39 is 0 Å². The smallest absolute Gasteiger partial charge is 0.317 e. The van der Waals surface area contributed by atoms with Crippen LogP contribution < -0.4 is 10.6 Å².